The minimum absolute atomic E-state index is 0.00615. The summed E-state index contributed by atoms with van der Waals surface area (Å²) < 4.78 is 0. The molecule has 140 valence electrons. The van der Waals surface area contributed by atoms with Crippen molar-refractivity contribution in [3.8, 4) is 0 Å². The molecular weight excluding hydrogens is 338 g/mol. The van der Waals surface area contributed by atoms with E-state index in [0.717, 1.165) is 5.56 Å². The summed E-state index contributed by atoms with van der Waals surface area (Å²) in [7, 11) is 0. The quantitative estimate of drug-likeness (QED) is 0.705. The van der Waals surface area contributed by atoms with Crippen molar-refractivity contribution in [2.75, 3.05) is 13.1 Å². The van der Waals surface area contributed by atoms with Gasteiger partial charge in [0.15, 0.2) is 0 Å². The molecule has 0 aliphatic carbocycles. The SMILES string of the molecule is O=C(CCc1ccccc1)CC(=O)C1CCN(C(=O)c2ccccc2)CC1. The van der Waals surface area contributed by atoms with Gasteiger partial charge < -0.3 is 4.90 Å². The van der Waals surface area contributed by atoms with E-state index < -0.39 is 0 Å². The number of carbonyl (C=O) groups is 3. The summed E-state index contributed by atoms with van der Waals surface area (Å²) >= 11 is 0. The zero-order valence-electron chi connectivity index (χ0n) is 15.5. The van der Waals surface area contributed by atoms with Crippen molar-refractivity contribution in [1.82, 2.24) is 4.90 Å². The van der Waals surface area contributed by atoms with Crippen LogP contribution in [0.3, 0.4) is 0 Å². The third kappa shape index (κ3) is 5.36. The van der Waals surface area contributed by atoms with Gasteiger partial charge in [-0.25, -0.2) is 0 Å². The Morgan fingerprint density at radius 3 is 2.07 bits per heavy atom. The molecule has 0 aromatic heterocycles. The molecule has 3 rings (SSSR count). The summed E-state index contributed by atoms with van der Waals surface area (Å²) in [6, 6.07) is 19.1. The van der Waals surface area contributed by atoms with E-state index >= 15 is 0 Å². The van der Waals surface area contributed by atoms with E-state index in [1.165, 1.54) is 0 Å². The number of hydrogen-bond donors (Lipinski definition) is 0. The molecule has 1 aliphatic heterocycles. The van der Waals surface area contributed by atoms with Crippen LogP contribution >= 0.6 is 0 Å². The minimum atomic E-state index is -0.106. The summed E-state index contributed by atoms with van der Waals surface area (Å²) in [6.45, 7) is 1.14. The molecule has 0 atom stereocenters. The van der Waals surface area contributed by atoms with E-state index in [-0.39, 0.29) is 29.8 Å². The Bertz CT molecular complexity index is 778. The number of hydrogen-bond acceptors (Lipinski definition) is 3. The highest BCUT2D eigenvalue weighted by atomic mass is 16.2. The Kier molecular flexibility index (Phi) is 6.53. The molecule has 4 heteroatoms. The van der Waals surface area contributed by atoms with Crippen molar-refractivity contribution in [1.29, 1.82) is 0 Å². The average molecular weight is 363 g/mol. The summed E-state index contributed by atoms with van der Waals surface area (Å²) in [6.07, 6.45) is 2.38. The Balaban J connectivity index is 1.43. The van der Waals surface area contributed by atoms with Crippen LogP contribution in [0.4, 0.5) is 0 Å². The highest BCUT2D eigenvalue weighted by Crippen LogP contribution is 2.21. The summed E-state index contributed by atoms with van der Waals surface area (Å²) in [5, 5.41) is 0. The van der Waals surface area contributed by atoms with Crippen LogP contribution < -0.4 is 0 Å². The van der Waals surface area contributed by atoms with Crippen molar-refractivity contribution < 1.29 is 14.4 Å². The highest BCUT2D eigenvalue weighted by molar-refractivity contribution is 6.00. The highest BCUT2D eigenvalue weighted by Gasteiger charge is 2.28. The van der Waals surface area contributed by atoms with Crippen LogP contribution in [0, 0.1) is 5.92 Å². The second-order valence-electron chi connectivity index (χ2n) is 7.10. The second-order valence-corrected chi connectivity index (χ2v) is 7.10. The van der Waals surface area contributed by atoms with E-state index in [2.05, 4.69) is 0 Å². The molecule has 4 nitrogen and oxygen atoms in total. The lowest BCUT2D eigenvalue weighted by Gasteiger charge is -2.31. The first kappa shape index (κ1) is 19.0. The largest absolute Gasteiger partial charge is 0.339 e. The van der Waals surface area contributed by atoms with Crippen molar-refractivity contribution in [2.24, 2.45) is 5.92 Å². The predicted molar refractivity (Wildman–Crippen MR) is 104 cm³/mol. The number of rotatable bonds is 7. The van der Waals surface area contributed by atoms with Crippen molar-refractivity contribution in [2.45, 2.75) is 32.1 Å². The number of likely N-dealkylation sites (tertiary alicyclic amines) is 1. The standard InChI is InChI=1S/C23H25NO3/c25-21(12-11-18-7-3-1-4-8-18)17-22(26)19-13-15-24(16-14-19)23(27)20-9-5-2-6-10-20/h1-10,19H,11-17H2. The monoisotopic (exact) mass is 363 g/mol. The van der Waals surface area contributed by atoms with Crippen LogP contribution in [0.5, 0.6) is 0 Å². The Morgan fingerprint density at radius 2 is 1.44 bits per heavy atom. The van der Waals surface area contributed by atoms with Gasteiger partial charge in [-0.15, -0.1) is 0 Å². The molecule has 1 heterocycles. The number of ketones is 2. The topological polar surface area (TPSA) is 54.5 Å². The summed E-state index contributed by atoms with van der Waals surface area (Å²) in [5.74, 6) is -0.0579. The van der Waals surface area contributed by atoms with Crippen LogP contribution in [0.25, 0.3) is 0 Å². The average Bonchev–Trinajstić information content (AvgIpc) is 2.73. The third-order valence-corrected chi connectivity index (χ3v) is 5.16. The third-order valence-electron chi connectivity index (χ3n) is 5.16. The van der Waals surface area contributed by atoms with E-state index in [0.29, 0.717) is 44.3 Å². The molecule has 0 radical (unpaired) electrons. The maximum Gasteiger partial charge on any atom is 0.253 e. The van der Waals surface area contributed by atoms with Gasteiger partial charge in [0.25, 0.3) is 5.91 Å². The Morgan fingerprint density at radius 1 is 0.852 bits per heavy atom. The molecule has 1 aliphatic rings. The summed E-state index contributed by atoms with van der Waals surface area (Å²) in [4.78, 5) is 38.8. The second kappa shape index (κ2) is 9.26. The number of amides is 1. The zero-order valence-corrected chi connectivity index (χ0v) is 15.5. The lowest BCUT2D eigenvalue weighted by molar-refractivity contribution is -0.130. The first-order valence-corrected chi connectivity index (χ1v) is 9.56. The molecule has 0 N–H and O–H groups in total. The van der Waals surface area contributed by atoms with E-state index in [1.807, 2.05) is 60.7 Å². The maximum absolute atomic E-state index is 12.5. The van der Waals surface area contributed by atoms with Gasteiger partial charge in [-0.3, -0.25) is 14.4 Å². The fourth-order valence-corrected chi connectivity index (χ4v) is 3.52. The molecule has 27 heavy (non-hydrogen) atoms. The van der Waals surface area contributed by atoms with Crippen LogP contribution in [0.1, 0.15) is 41.6 Å². The van der Waals surface area contributed by atoms with Gasteiger partial charge in [0.2, 0.25) is 0 Å². The molecular formula is C23H25NO3. The fourth-order valence-electron chi connectivity index (χ4n) is 3.52. The lowest BCUT2D eigenvalue weighted by Crippen LogP contribution is -2.40. The molecule has 2 aromatic rings. The van der Waals surface area contributed by atoms with Crippen LogP contribution in [0.2, 0.25) is 0 Å². The van der Waals surface area contributed by atoms with Gasteiger partial charge in [0.1, 0.15) is 11.6 Å². The minimum Gasteiger partial charge on any atom is -0.339 e. The maximum atomic E-state index is 12.5. The number of Topliss-reactive ketones (excluding diaryl/α,β-unsaturated/α-hetero) is 2. The van der Waals surface area contributed by atoms with E-state index in [1.54, 1.807) is 4.90 Å². The molecule has 0 unspecified atom stereocenters. The smallest absolute Gasteiger partial charge is 0.253 e. The Hall–Kier alpha value is -2.75. The normalized spacial score (nSPS) is 14.7. The van der Waals surface area contributed by atoms with Crippen LogP contribution in [-0.4, -0.2) is 35.5 Å². The van der Waals surface area contributed by atoms with E-state index in [4.69, 9.17) is 0 Å². The molecule has 0 bridgehead atoms. The molecule has 1 fully saturated rings. The van der Waals surface area contributed by atoms with Crippen LogP contribution in [-0.2, 0) is 16.0 Å². The number of aryl methyl sites for hydroxylation is 1. The first-order chi connectivity index (χ1) is 13.1. The first-order valence-electron chi connectivity index (χ1n) is 9.56. The van der Waals surface area contributed by atoms with Gasteiger partial charge in [-0.05, 0) is 37.0 Å². The van der Waals surface area contributed by atoms with Gasteiger partial charge >= 0.3 is 0 Å². The number of benzene rings is 2. The molecule has 0 spiro atoms. The molecule has 0 saturated carbocycles. The molecule has 1 saturated heterocycles. The van der Waals surface area contributed by atoms with Gasteiger partial charge in [0.05, 0.1) is 6.42 Å². The number of piperidine rings is 1. The number of nitrogens with zero attached hydrogens (tertiary/aromatic N) is 1. The lowest BCUT2D eigenvalue weighted by atomic mass is 9.89. The van der Waals surface area contributed by atoms with Crippen molar-refractivity contribution in [3.05, 3.63) is 71.8 Å². The number of carbonyl (C=O) groups excluding carboxylic acids is 3. The summed E-state index contributed by atoms with van der Waals surface area (Å²) in [5.41, 5.74) is 1.80. The van der Waals surface area contributed by atoms with Crippen molar-refractivity contribution >= 4 is 17.5 Å². The van der Waals surface area contributed by atoms with E-state index in [9.17, 15) is 14.4 Å². The fraction of sp³-hybridized carbons (Fsp3) is 0.348. The van der Waals surface area contributed by atoms with Gasteiger partial charge in [-0.1, -0.05) is 48.5 Å². The van der Waals surface area contributed by atoms with Crippen molar-refractivity contribution in [3.63, 3.8) is 0 Å². The molecule has 1 amide bonds. The van der Waals surface area contributed by atoms with Gasteiger partial charge in [0, 0.05) is 31.0 Å². The zero-order chi connectivity index (χ0) is 19.1. The Labute approximate surface area is 160 Å². The van der Waals surface area contributed by atoms with Crippen LogP contribution in [0.15, 0.2) is 60.7 Å². The predicted octanol–water partition coefficient (Wildman–Crippen LogP) is 3.70. The molecule has 2 aromatic carbocycles. The van der Waals surface area contributed by atoms with Gasteiger partial charge in [-0.2, -0.15) is 0 Å².